The number of hydrogen-bond acceptors (Lipinski definition) is 6. The molecule has 0 spiro atoms. The maximum Gasteiger partial charge on any atom is 0.163 e. The molecule has 0 atom stereocenters. The van der Waals surface area contributed by atoms with Crippen molar-refractivity contribution in [3.63, 3.8) is 0 Å². The van der Waals surface area contributed by atoms with Crippen molar-refractivity contribution in [2.75, 3.05) is 18.5 Å². The normalized spacial score (nSPS) is 10.3. The molecule has 4 rings (SSSR count). The van der Waals surface area contributed by atoms with Gasteiger partial charge < -0.3 is 14.8 Å². The number of nitrogens with one attached hydrogen (secondary N) is 1. The number of pyridine rings is 1. The quantitative estimate of drug-likeness (QED) is 0.414. The summed E-state index contributed by atoms with van der Waals surface area (Å²) in [6.07, 6.45) is 5.17. The van der Waals surface area contributed by atoms with Gasteiger partial charge in [0.05, 0.1) is 18.7 Å². The number of halogens is 1. The molecule has 0 radical (unpaired) electrons. The summed E-state index contributed by atoms with van der Waals surface area (Å²) in [6, 6.07) is 15.9. The maximum atomic E-state index is 5.76. The molecular weight excluding hydrogens is 400 g/mol. The molecule has 6 nitrogen and oxygen atoms in total. The number of nitrogens with zero attached hydrogens (tertiary/aromatic N) is 3. The third-order valence-corrected chi connectivity index (χ3v) is 4.42. The van der Waals surface area contributed by atoms with Gasteiger partial charge in [0, 0.05) is 35.1 Å². The zero-order chi connectivity index (χ0) is 20.1. The molecule has 154 valence electrons. The minimum atomic E-state index is 0. The smallest absolute Gasteiger partial charge is 0.163 e. The molecule has 0 bridgehead atoms. The first-order chi connectivity index (χ1) is 14.3. The lowest BCUT2D eigenvalue weighted by Crippen LogP contribution is -2.01. The van der Waals surface area contributed by atoms with E-state index in [1.54, 1.807) is 12.5 Å². The van der Waals surface area contributed by atoms with Crippen molar-refractivity contribution in [2.24, 2.45) is 0 Å². The minimum absolute atomic E-state index is 0. The fourth-order valence-electron chi connectivity index (χ4n) is 3.15. The van der Waals surface area contributed by atoms with Crippen molar-refractivity contribution < 1.29 is 9.47 Å². The second-order valence-corrected chi connectivity index (χ2v) is 6.35. The molecule has 7 heteroatoms. The van der Waals surface area contributed by atoms with Crippen LogP contribution >= 0.6 is 12.4 Å². The summed E-state index contributed by atoms with van der Waals surface area (Å²) in [4.78, 5) is 13.0. The number of ether oxygens (including phenoxy) is 2. The Labute approximate surface area is 181 Å². The molecule has 2 aromatic carbocycles. The highest BCUT2D eigenvalue weighted by atomic mass is 35.5. The van der Waals surface area contributed by atoms with Gasteiger partial charge in [-0.3, -0.25) is 4.98 Å². The van der Waals surface area contributed by atoms with Crippen molar-refractivity contribution in [1.29, 1.82) is 0 Å². The lowest BCUT2D eigenvalue weighted by molar-refractivity contribution is 0.288. The first-order valence-corrected chi connectivity index (χ1v) is 9.60. The van der Waals surface area contributed by atoms with Crippen molar-refractivity contribution in [3.05, 3.63) is 67.3 Å². The number of rotatable bonds is 7. The van der Waals surface area contributed by atoms with Crippen LogP contribution in [0.1, 0.15) is 13.8 Å². The first-order valence-electron chi connectivity index (χ1n) is 9.60. The van der Waals surface area contributed by atoms with Gasteiger partial charge in [0.25, 0.3) is 0 Å². The van der Waals surface area contributed by atoms with Crippen molar-refractivity contribution in [1.82, 2.24) is 15.0 Å². The molecule has 30 heavy (non-hydrogen) atoms. The van der Waals surface area contributed by atoms with Gasteiger partial charge in [-0.2, -0.15) is 0 Å². The Morgan fingerprint density at radius 1 is 0.867 bits per heavy atom. The highest BCUT2D eigenvalue weighted by molar-refractivity contribution is 5.93. The molecule has 0 saturated carbocycles. The molecule has 0 aliphatic rings. The molecular formula is C23H23ClN4O2. The highest BCUT2D eigenvalue weighted by Gasteiger charge is 2.12. The fraction of sp³-hybridized carbons (Fsp3) is 0.174. The number of hydrogen-bond donors (Lipinski definition) is 1. The van der Waals surface area contributed by atoms with E-state index in [1.165, 1.54) is 0 Å². The summed E-state index contributed by atoms with van der Waals surface area (Å²) in [6.45, 7) is 5.00. The molecule has 0 aliphatic heterocycles. The zero-order valence-electron chi connectivity index (χ0n) is 16.8. The number of benzene rings is 2. The topological polar surface area (TPSA) is 69.2 Å². The van der Waals surface area contributed by atoms with Gasteiger partial charge in [0.2, 0.25) is 0 Å². The lowest BCUT2D eigenvalue weighted by Gasteiger charge is -2.14. The van der Waals surface area contributed by atoms with E-state index >= 15 is 0 Å². The Balaban J connectivity index is 0.00000256. The zero-order valence-corrected chi connectivity index (χ0v) is 17.6. The molecule has 4 aromatic rings. The standard InChI is InChI=1S/C23H22N4O2.ClH/c1-3-28-21-12-19-20(13-22(21)29-4-2)25-15-26-23(19)27-18-9-5-7-16(11-18)17-8-6-10-24-14-17;/h5-15H,3-4H2,1-2H3,(H,25,26,27);1H. The van der Waals surface area contributed by atoms with Crippen LogP contribution in [0.5, 0.6) is 11.5 Å². The first kappa shape index (κ1) is 21.3. The van der Waals surface area contributed by atoms with Gasteiger partial charge in [-0.05, 0) is 43.7 Å². The summed E-state index contributed by atoms with van der Waals surface area (Å²) >= 11 is 0. The second kappa shape index (κ2) is 9.89. The Kier molecular flexibility index (Phi) is 7.03. The van der Waals surface area contributed by atoms with Crippen LogP contribution in [0.4, 0.5) is 11.5 Å². The van der Waals surface area contributed by atoms with E-state index in [0.29, 0.717) is 30.5 Å². The summed E-state index contributed by atoms with van der Waals surface area (Å²) in [5, 5.41) is 4.28. The number of fused-ring (bicyclic) bond motifs is 1. The Bertz CT molecular complexity index is 1120. The molecule has 2 aromatic heterocycles. The molecule has 2 heterocycles. The molecule has 0 unspecified atom stereocenters. The Morgan fingerprint density at radius 2 is 1.63 bits per heavy atom. The van der Waals surface area contributed by atoms with Crippen LogP contribution in [-0.2, 0) is 0 Å². The SMILES string of the molecule is CCOc1cc2ncnc(Nc3cccc(-c4cccnc4)c3)c2cc1OCC.Cl. The van der Waals surface area contributed by atoms with Gasteiger partial charge in [0.15, 0.2) is 11.5 Å². The highest BCUT2D eigenvalue weighted by Crippen LogP contribution is 2.35. The maximum absolute atomic E-state index is 5.76. The minimum Gasteiger partial charge on any atom is -0.490 e. The average Bonchev–Trinajstić information content (AvgIpc) is 2.76. The summed E-state index contributed by atoms with van der Waals surface area (Å²) in [5.74, 6) is 2.08. The van der Waals surface area contributed by atoms with Crippen LogP contribution < -0.4 is 14.8 Å². The van der Waals surface area contributed by atoms with E-state index in [-0.39, 0.29) is 12.4 Å². The van der Waals surface area contributed by atoms with Gasteiger partial charge in [-0.15, -0.1) is 12.4 Å². The summed E-state index contributed by atoms with van der Waals surface area (Å²) in [5.41, 5.74) is 3.86. The van der Waals surface area contributed by atoms with Gasteiger partial charge >= 0.3 is 0 Å². The third-order valence-electron chi connectivity index (χ3n) is 4.42. The summed E-state index contributed by atoms with van der Waals surface area (Å²) < 4.78 is 11.5. The monoisotopic (exact) mass is 422 g/mol. The van der Waals surface area contributed by atoms with E-state index in [2.05, 4.69) is 32.4 Å². The molecule has 1 N–H and O–H groups in total. The van der Waals surface area contributed by atoms with Crippen molar-refractivity contribution in [2.45, 2.75) is 13.8 Å². The van der Waals surface area contributed by atoms with E-state index in [4.69, 9.17) is 9.47 Å². The molecule has 0 saturated heterocycles. The van der Waals surface area contributed by atoms with E-state index in [0.717, 1.165) is 27.7 Å². The van der Waals surface area contributed by atoms with Crippen LogP contribution in [0, 0.1) is 0 Å². The second-order valence-electron chi connectivity index (χ2n) is 6.35. The van der Waals surface area contributed by atoms with Gasteiger partial charge in [-0.25, -0.2) is 9.97 Å². The van der Waals surface area contributed by atoms with Crippen LogP contribution in [0.3, 0.4) is 0 Å². The fourth-order valence-corrected chi connectivity index (χ4v) is 3.15. The Morgan fingerprint density at radius 3 is 2.37 bits per heavy atom. The van der Waals surface area contributed by atoms with Crippen LogP contribution in [0.25, 0.3) is 22.0 Å². The van der Waals surface area contributed by atoms with Crippen molar-refractivity contribution in [3.8, 4) is 22.6 Å². The van der Waals surface area contributed by atoms with Gasteiger partial charge in [0.1, 0.15) is 12.1 Å². The predicted octanol–water partition coefficient (Wildman–Crippen LogP) is 5.65. The lowest BCUT2D eigenvalue weighted by atomic mass is 10.1. The molecule has 0 aliphatic carbocycles. The Hall–Kier alpha value is -3.38. The molecule has 0 fully saturated rings. The van der Waals surface area contributed by atoms with Crippen molar-refractivity contribution >= 4 is 34.8 Å². The van der Waals surface area contributed by atoms with E-state index in [9.17, 15) is 0 Å². The largest absolute Gasteiger partial charge is 0.490 e. The predicted molar refractivity (Wildman–Crippen MR) is 122 cm³/mol. The van der Waals surface area contributed by atoms with E-state index in [1.807, 2.05) is 56.4 Å². The van der Waals surface area contributed by atoms with Gasteiger partial charge in [-0.1, -0.05) is 18.2 Å². The van der Waals surface area contributed by atoms with E-state index < -0.39 is 0 Å². The molecule has 0 amide bonds. The van der Waals surface area contributed by atoms with Crippen LogP contribution in [0.2, 0.25) is 0 Å². The average molecular weight is 423 g/mol. The summed E-state index contributed by atoms with van der Waals surface area (Å²) in [7, 11) is 0. The number of aromatic nitrogens is 3. The number of anilines is 2. The van der Waals surface area contributed by atoms with Crippen LogP contribution in [0.15, 0.2) is 67.3 Å². The van der Waals surface area contributed by atoms with Crippen LogP contribution in [-0.4, -0.2) is 28.2 Å². The third kappa shape index (κ3) is 4.60.